The van der Waals surface area contributed by atoms with E-state index in [0.717, 1.165) is 17.4 Å². The van der Waals surface area contributed by atoms with Crippen molar-refractivity contribution >= 4 is 0 Å². The molecule has 0 bridgehead atoms. The lowest BCUT2D eigenvalue weighted by atomic mass is 9.60. The van der Waals surface area contributed by atoms with Gasteiger partial charge in [0.2, 0.25) is 0 Å². The molecule has 1 saturated heterocycles. The molecule has 1 aliphatic heterocycles. The van der Waals surface area contributed by atoms with Crippen LogP contribution in [0.15, 0.2) is 0 Å². The molecule has 0 aromatic rings. The third-order valence-corrected chi connectivity index (χ3v) is 4.56. The van der Waals surface area contributed by atoms with E-state index < -0.39 is 0 Å². The van der Waals surface area contributed by atoms with E-state index in [-0.39, 0.29) is 0 Å². The summed E-state index contributed by atoms with van der Waals surface area (Å²) in [7, 11) is 2.25. The number of hydrogen-bond acceptors (Lipinski definition) is 2. The maximum atomic E-state index is 3.72. The monoisotopic (exact) mass is 224 g/mol. The second-order valence-corrected chi connectivity index (χ2v) is 6.55. The molecule has 2 fully saturated rings. The normalized spacial score (nSPS) is 26.2. The topological polar surface area (TPSA) is 15.3 Å². The lowest BCUT2D eigenvalue weighted by molar-refractivity contribution is 0.0133. The molecular weight excluding hydrogens is 196 g/mol. The summed E-state index contributed by atoms with van der Waals surface area (Å²) >= 11 is 0. The smallest absolute Gasteiger partial charge is 0.00776 e. The zero-order chi connectivity index (χ0) is 11.6. The molecule has 0 aromatic heterocycles. The highest BCUT2D eigenvalue weighted by Crippen LogP contribution is 2.48. The molecule has 2 aliphatic rings. The van der Waals surface area contributed by atoms with Crippen LogP contribution in [0.4, 0.5) is 0 Å². The molecule has 1 N–H and O–H groups in total. The Morgan fingerprint density at radius 1 is 1.25 bits per heavy atom. The van der Waals surface area contributed by atoms with Gasteiger partial charge in [-0.05, 0) is 70.1 Å². The minimum Gasteiger partial charge on any atom is -0.314 e. The van der Waals surface area contributed by atoms with E-state index in [1.165, 1.54) is 51.7 Å². The second-order valence-electron chi connectivity index (χ2n) is 6.55. The molecule has 2 rings (SSSR count). The van der Waals surface area contributed by atoms with Gasteiger partial charge in [0.25, 0.3) is 0 Å². The predicted octanol–water partition coefficient (Wildman–Crippen LogP) is 2.50. The molecule has 2 nitrogen and oxygen atoms in total. The van der Waals surface area contributed by atoms with E-state index >= 15 is 0 Å². The van der Waals surface area contributed by atoms with Crippen molar-refractivity contribution in [3.05, 3.63) is 0 Å². The molecule has 0 radical (unpaired) electrons. The Hall–Kier alpha value is -0.0800. The van der Waals surface area contributed by atoms with Gasteiger partial charge in [0, 0.05) is 6.04 Å². The van der Waals surface area contributed by atoms with E-state index in [4.69, 9.17) is 0 Å². The number of nitrogens with zero attached hydrogens (tertiary/aromatic N) is 1. The van der Waals surface area contributed by atoms with Crippen molar-refractivity contribution in [2.24, 2.45) is 11.3 Å². The van der Waals surface area contributed by atoms with Gasteiger partial charge in [-0.1, -0.05) is 13.8 Å². The molecule has 0 aromatic carbocycles. The summed E-state index contributed by atoms with van der Waals surface area (Å²) in [6, 6.07) is 0.835. The number of rotatable bonds is 4. The van der Waals surface area contributed by atoms with Crippen molar-refractivity contribution in [3.63, 3.8) is 0 Å². The van der Waals surface area contributed by atoms with Gasteiger partial charge >= 0.3 is 0 Å². The van der Waals surface area contributed by atoms with Crippen LogP contribution in [0, 0.1) is 11.3 Å². The van der Waals surface area contributed by atoms with E-state index in [2.05, 4.69) is 31.1 Å². The average Bonchev–Trinajstić information content (AvgIpc) is 2.18. The molecule has 94 valence electrons. The fourth-order valence-electron chi connectivity index (χ4n) is 3.21. The van der Waals surface area contributed by atoms with Crippen LogP contribution in [-0.4, -0.2) is 37.6 Å². The maximum Gasteiger partial charge on any atom is 0.00776 e. The number of likely N-dealkylation sites (tertiary alicyclic amines) is 1. The second kappa shape index (κ2) is 5.05. The molecule has 16 heavy (non-hydrogen) atoms. The minimum atomic E-state index is 0.738. The van der Waals surface area contributed by atoms with Crippen molar-refractivity contribution in [1.29, 1.82) is 0 Å². The number of piperidine rings is 1. The van der Waals surface area contributed by atoms with Crippen molar-refractivity contribution in [2.75, 3.05) is 26.7 Å². The van der Waals surface area contributed by atoms with Crippen LogP contribution in [0.25, 0.3) is 0 Å². The molecule has 1 spiro atoms. The summed E-state index contributed by atoms with van der Waals surface area (Å²) in [4.78, 5) is 2.48. The van der Waals surface area contributed by atoms with Crippen molar-refractivity contribution in [3.8, 4) is 0 Å². The third-order valence-electron chi connectivity index (χ3n) is 4.56. The van der Waals surface area contributed by atoms with E-state index in [1.54, 1.807) is 0 Å². The summed E-state index contributed by atoms with van der Waals surface area (Å²) in [5.41, 5.74) is 0.738. The first-order valence-electron chi connectivity index (χ1n) is 7.02. The first-order valence-corrected chi connectivity index (χ1v) is 7.02. The molecule has 1 heterocycles. The van der Waals surface area contributed by atoms with Gasteiger partial charge in [0.05, 0.1) is 0 Å². The highest BCUT2D eigenvalue weighted by Gasteiger charge is 2.44. The van der Waals surface area contributed by atoms with E-state index in [1.807, 2.05) is 0 Å². The zero-order valence-corrected chi connectivity index (χ0v) is 11.3. The molecule has 2 heteroatoms. The molecule has 0 amide bonds. The van der Waals surface area contributed by atoms with Crippen molar-refractivity contribution in [1.82, 2.24) is 10.2 Å². The SMILES string of the molecule is CC(C)CCNC1CC2(CCN(C)CC2)C1. The summed E-state index contributed by atoms with van der Waals surface area (Å²) in [5, 5.41) is 3.72. The first kappa shape index (κ1) is 12.4. The molecule has 1 saturated carbocycles. The lowest BCUT2D eigenvalue weighted by Crippen LogP contribution is -2.53. The summed E-state index contributed by atoms with van der Waals surface area (Å²) in [6.07, 6.45) is 7.09. The van der Waals surface area contributed by atoms with Crippen LogP contribution >= 0.6 is 0 Å². The van der Waals surface area contributed by atoms with Gasteiger partial charge in [-0.3, -0.25) is 0 Å². The highest BCUT2D eigenvalue weighted by molar-refractivity contribution is 4.99. The van der Waals surface area contributed by atoms with Gasteiger partial charge in [-0.15, -0.1) is 0 Å². The Labute approximate surface area is 101 Å². The standard InChI is InChI=1S/C14H28N2/c1-12(2)4-7-15-13-10-14(11-13)5-8-16(3)9-6-14/h12-13,15H,4-11H2,1-3H3. The Morgan fingerprint density at radius 2 is 1.88 bits per heavy atom. The Bertz CT molecular complexity index is 209. The Kier molecular flexibility index (Phi) is 3.91. The van der Waals surface area contributed by atoms with Gasteiger partial charge in [0.15, 0.2) is 0 Å². The summed E-state index contributed by atoms with van der Waals surface area (Å²) < 4.78 is 0. The van der Waals surface area contributed by atoms with Gasteiger partial charge < -0.3 is 10.2 Å². The Morgan fingerprint density at radius 3 is 2.44 bits per heavy atom. The predicted molar refractivity (Wildman–Crippen MR) is 69.6 cm³/mol. The van der Waals surface area contributed by atoms with Crippen molar-refractivity contribution in [2.45, 2.75) is 52.0 Å². The van der Waals surface area contributed by atoms with E-state index in [0.29, 0.717) is 0 Å². The maximum absolute atomic E-state index is 3.72. The number of nitrogens with one attached hydrogen (secondary N) is 1. The van der Waals surface area contributed by atoms with Gasteiger partial charge in [0.1, 0.15) is 0 Å². The average molecular weight is 224 g/mol. The molecule has 1 aliphatic carbocycles. The summed E-state index contributed by atoms with van der Waals surface area (Å²) in [5.74, 6) is 0.838. The molecular formula is C14H28N2. The van der Waals surface area contributed by atoms with Crippen LogP contribution in [0.3, 0.4) is 0 Å². The van der Waals surface area contributed by atoms with Gasteiger partial charge in [-0.2, -0.15) is 0 Å². The Balaban J connectivity index is 1.62. The van der Waals surface area contributed by atoms with Crippen LogP contribution in [0.2, 0.25) is 0 Å². The third kappa shape index (κ3) is 2.98. The first-order chi connectivity index (χ1) is 7.60. The fraction of sp³-hybridized carbons (Fsp3) is 1.00. The molecule has 0 atom stereocenters. The highest BCUT2D eigenvalue weighted by atomic mass is 15.1. The largest absolute Gasteiger partial charge is 0.314 e. The zero-order valence-electron chi connectivity index (χ0n) is 11.3. The summed E-state index contributed by atoms with van der Waals surface area (Å²) in [6.45, 7) is 8.47. The van der Waals surface area contributed by atoms with Crippen LogP contribution in [-0.2, 0) is 0 Å². The van der Waals surface area contributed by atoms with Crippen molar-refractivity contribution < 1.29 is 0 Å². The van der Waals surface area contributed by atoms with Gasteiger partial charge in [-0.25, -0.2) is 0 Å². The van der Waals surface area contributed by atoms with Crippen LogP contribution in [0.1, 0.15) is 46.0 Å². The van der Waals surface area contributed by atoms with E-state index in [9.17, 15) is 0 Å². The molecule has 0 unspecified atom stereocenters. The quantitative estimate of drug-likeness (QED) is 0.789. The minimum absolute atomic E-state index is 0.738. The fourth-order valence-corrected chi connectivity index (χ4v) is 3.21. The van der Waals surface area contributed by atoms with Crippen LogP contribution < -0.4 is 5.32 Å². The van der Waals surface area contributed by atoms with Crippen LogP contribution in [0.5, 0.6) is 0 Å². The lowest BCUT2D eigenvalue weighted by Gasteiger charge is -2.52. The number of hydrogen-bond donors (Lipinski definition) is 1.